The maximum Gasteiger partial charge on any atom is 0.220 e. The Morgan fingerprint density at radius 2 is 1.79 bits per heavy atom. The minimum Gasteiger partial charge on any atom is -0.486 e. The average molecular weight is 391 g/mol. The van der Waals surface area contributed by atoms with Gasteiger partial charge in [0.25, 0.3) is 0 Å². The van der Waals surface area contributed by atoms with Crippen molar-refractivity contribution in [1.29, 1.82) is 0 Å². The highest BCUT2D eigenvalue weighted by Crippen LogP contribution is 2.31. The third-order valence-corrected chi connectivity index (χ3v) is 4.59. The van der Waals surface area contributed by atoms with Gasteiger partial charge in [-0.3, -0.25) is 9.59 Å². The predicted octanol–water partition coefficient (Wildman–Crippen LogP) is 2.92. The van der Waals surface area contributed by atoms with Crippen LogP contribution >= 0.6 is 0 Å². The zero-order valence-electron chi connectivity index (χ0n) is 15.8. The SMILES string of the molecule is O=C(CCC(=O)c1ccc2c(c1)OCCO2)NCc1cnn(-c2ccccc2)c1. The zero-order valence-corrected chi connectivity index (χ0v) is 15.8. The highest BCUT2D eigenvalue weighted by Gasteiger charge is 2.16. The van der Waals surface area contributed by atoms with Gasteiger partial charge in [0.2, 0.25) is 5.91 Å². The van der Waals surface area contributed by atoms with Gasteiger partial charge in [0.15, 0.2) is 17.3 Å². The number of benzene rings is 2. The molecule has 7 heteroatoms. The summed E-state index contributed by atoms with van der Waals surface area (Å²) >= 11 is 0. The van der Waals surface area contributed by atoms with Gasteiger partial charge in [-0.1, -0.05) is 18.2 Å². The van der Waals surface area contributed by atoms with E-state index < -0.39 is 0 Å². The summed E-state index contributed by atoms with van der Waals surface area (Å²) in [5.74, 6) is 0.931. The number of ether oxygens (including phenoxy) is 2. The van der Waals surface area contributed by atoms with Gasteiger partial charge < -0.3 is 14.8 Å². The summed E-state index contributed by atoms with van der Waals surface area (Å²) in [4.78, 5) is 24.5. The van der Waals surface area contributed by atoms with Crippen molar-refractivity contribution < 1.29 is 19.1 Å². The monoisotopic (exact) mass is 391 g/mol. The predicted molar refractivity (Wildman–Crippen MR) is 106 cm³/mol. The van der Waals surface area contributed by atoms with Crippen molar-refractivity contribution >= 4 is 11.7 Å². The number of nitrogens with one attached hydrogen (secondary N) is 1. The zero-order chi connectivity index (χ0) is 20.1. The summed E-state index contributed by atoms with van der Waals surface area (Å²) in [7, 11) is 0. The maximum atomic E-state index is 12.4. The van der Waals surface area contributed by atoms with Crippen LogP contribution in [0.4, 0.5) is 0 Å². The molecule has 7 nitrogen and oxygen atoms in total. The number of nitrogens with zero attached hydrogens (tertiary/aromatic N) is 2. The van der Waals surface area contributed by atoms with E-state index in [1.165, 1.54) is 0 Å². The molecule has 4 rings (SSSR count). The van der Waals surface area contributed by atoms with Crippen LogP contribution in [0.1, 0.15) is 28.8 Å². The standard InChI is InChI=1S/C22H21N3O4/c26-19(17-6-8-20-21(12-17)29-11-10-28-20)7-9-22(27)23-13-16-14-24-25(15-16)18-4-2-1-3-5-18/h1-6,8,12,14-15H,7,9-11,13H2,(H,23,27). The normalized spacial score (nSPS) is 12.4. The first-order valence-corrected chi connectivity index (χ1v) is 9.47. The number of hydrogen-bond donors (Lipinski definition) is 1. The van der Waals surface area contributed by atoms with E-state index in [9.17, 15) is 9.59 Å². The van der Waals surface area contributed by atoms with E-state index in [0.717, 1.165) is 11.3 Å². The number of para-hydroxylation sites is 1. The molecule has 0 fully saturated rings. The molecule has 0 saturated carbocycles. The quantitative estimate of drug-likeness (QED) is 0.626. The van der Waals surface area contributed by atoms with Crippen molar-refractivity contribution in [3.63, 3.8) is 0 Å². The molecule has 1 aliphatic rings. The van der Waals surface area contributed by atoms with Crippen LogP contribution in [0.25, 0.3) is 5.69 Å². The molecule has 1 aromatic heterocycles. The number of Topliss-reactive ketones (excluding diaryl/α,β-unsaturated/α-hetero) is 1. The Morgan fingerprint density at radius 1 is 1.00 bits per heavy atom. The first-order chi connectivity index (χ1) is 14.2. The second kappa shape index (κ2) is 8.60. The molecule has 0 atom stereocenters. The number of rotatable bonds is 7. The maximum absolute atomic E-state index is 12.4. The van der Waals surface area contributed by atoms with E-state index in [0.29, 0.717) is 36.8 Å². The van der Waals surface area contributed by atoms with Crippen molar-refractivity contribution in [1.82, 2.24) is 15.1 Å². The number of carbonyl (C=O) groups excluding carboxylic acids is 2. The van der Waals surface area contributed by atoms with E-state index in [1.807, 2.05) is 36.5 Å². The second-order valence-corrected chi connectivity index (χ2v) is 6.69. The van der Waals surface area contributed by atoms with Gasteiger partial charge in [-0.15, -0.1) is 0 Å². The first kappa shape index (κ1) is 18.7. The molecule has 1 N–H and O–H groups in total. The Labute approximate surface area is 168 Å². The molecule has 0 bridgehead atoms. The summed E-state index contributed by atoms with van der Waals surface area (Å²) in [6, 6.07) is 14.8. The molecule has 2 heterocycles. The van der Waals surface area contributed by atoms with Crippen LogP contribution in [-0.4, -0.2) is 34.7 Å². The topological polar surface area (TPSA) is 82.5 Å². The number of ketones is 1. The minimum atomic E-state index is -0.177. The molecular formula is C22H21N3O4. The fraction of sp³-hybridized carbons (Fsp3) is 0.227. The Bertz CT molecular complexity index is 1010. The lowest BCUT2D eigenvalue weighted by Gasteiger charge is -2.18. The van der Waals surface area contributed by atoms with Gasteiger partial charge in [0, 0.05) is 36.7 Å². The van der Waals surface area contributed by atoms with Crippen LogP contribution in [0.2, 0.25) is 0 Å². The highest BCUT2D eigenvalue weighted by molar-refractivity contribution is 5.98. The molecule has 0 saturated heterocycles. The van der Waals surface area contributed by atoms with Crippen LogP contribution in [0, 0.1) is 0 Å². The minimum absolute atomic E-state index is 0.103. The van der Waals surface area contributed by atoms with Crippen molar-refractivity contribution in [2.24, 2.45) is 0 Å². The third-order valence-electron chi connectivity index (χ3n) is 4.59. The number of carbonyl (C=O) groups is 2. The van der Waals surface area contributed by atoms with Crippen molar-refractivity contribution in [2.45, 2.75) is 19.4 Å². The summed E-state index contributed by atoms with van der Waals surface area (Å²) in [5.41, 5.74) is 2.36. The molecule has 3 aromatic rings. The summed E-state index contributed by atoms with van der Waals surface area (Å²) < 4.78 is 12.7. The Kier molecular flexibility index (Phi) is 5.56. The molecule has 29 heavy (non-hydrogen) atoms. The van der Waals surface area contributed by atoms with E-state index in [4.69, 9.17) is 9.47 Å². The third kappa shape index (κ3) is 4.63. The number of hydrogen-bond acceptors (Lipinski definition) is 5. The fourth-order valence-corrected chi connectivity index (χ4v) is 3.05. The molecule has 1 amide bonds. The van der Waals surface area contributed by atoms with Crippen LogP contribution in [-0.2, 0) is 11.3 Å². The van der Waals surface area contributed by atoms with Crippen molar-refractivity contribution in [2.75, 3.05) is 13.2 Å². The van der Waals surface area contributed by atoms with E-state index in [-0.39, 0.29) is 24.5 Å². The van der Waals surface area contributed by atoms with Gasteiger partial charge in [0.05, 0.1) is 11.9 Å². The van der Waals surface area contributed by atoms with Gasteiger partial charge in [-0.25, -0.2) is 4.68 Å². The van der Waals surface area contributed by atoms with Gasteiger partial charge in [-0.05, 0) is 30.3 Å². The molecule has 0 radical (unpaired) electrons. The lowest BCUT2D eigenvalue weighted by molar-refractivity contribution is -0.121. The highest BCUT2D eigenvalue weighted by atomic mass is 16.6. The molecule has 1 aliphatic heterocycles. The molecule has 0 spiro atoms. The van der Waals surface area contributed by atoms with E-state index in [2.05, 4.69) is 10.4 Å². The van der Waals surface area contributed by atoms with Crippen molar-refractivity contribution in [3.8, 4) is 17.2 Å². The molecule has 0 unspecified atom stereocenters. The van der Waals surface area contributed by atoms with Gasteiger partial charge in [0.1, 0.15) is 13.2 Å². The van der Waals surface area contributed by atoms with E-state index in [1.54, 1.807) is 29.1 Å². The lowest BCUT2D eigenvalue weighted by Crippen LogP contribution is -2.23. The number of amides is 1. The summed E-state index contributed by atoms with van der Waals surface area (Å²) in [5, 5.41) is 7.13. The number of aromatic nitrogens is 2. The lowest BCUT2D eigenvalue weighted by atomic mass is 10.1. The molecular weight excluding hydrogens is 370 g/mol. The molecule has 0 aliphatic carbocycles. The number of fused-ring (bicyclic) bond motifs is 1. The fourth-order valence-electron chi connectivity index (χ4n) is 3.05. The Balaban J connectivity index is 1.26. The largest absolute Gasteiger partial charge is 0.486 e. The van der Waals surface area contributed by atoms with Crippen LogP contribution < -0.4 is 14.8 Å². The van der Waals surface area contributed by atoms with Gasteiger partial charge in [-0.2, -0.15) is 5.10 Å². The average Bonchev–Trinajstić information content (AvgIpc) is 3.25. The molecule has 148 valence electrons. The van der Waals surface area contributed by atoms with Crippen LogP contribution in [0.5, 0.6) is 11.5 Å². The second-order valence-electron chi connectivity index (χ2n) is 6.69. The Hall–Kier alpha value is -3.61. The smallest absolute Gasteiger partial charge is 0.220 e. The molecule has 2 aromatic carbocycles. The van der Waals surface area contributed by atoms with E-state index >= 15 is 0 Å². The van der Waals surface area contributed by atoms with Crippen molar-refractivity contribution in [3.05, 3.63) is 72.1 Å². The first-order valence-electron chi connectivity index (χ1n) is 9.47. The Morgan fingerprint density at radius 3 is 2.62 bits per heavy atom. The summed E-state index contributed by atoms with van der Waals surface area (Å²) in [6.07, 6.45) is 3.85. The summed E-state index contributed by atoms with van der Waals surface area (Å²) in [6.45, 7) is 1.34. The van der Waals surface area contributed by atoms with Crippen LogP contribution in [0.15, 0.2) is 60.9 Å². The van der Waals surface area contributed by atoms with Gasteiger partial charge >= 0.3 is 0 Å². The van der Waals surface area contributed by atoms with Crippen LogP contribution in [0.3, 0.4) is 0 Å².